The SMILES string of the molecule is COCCCCN1C(=O)C(C)NC(=O)C12CCCCC2. The summed E-state index contributed by atoms with van der Waals surface area (Å²) >= 11 is 0. The molecule has 0 radical (unpaired) electrons. The molecule has 0 bridgehead atoms. The molecule has 1 aliphatic carbocycles. The number of unbranched alkanes of at least 4 members (excludes halogenated alkanes) is 1. The van der Waals surface area contributed by atoms with Gasteiger partial charge >= 0.3 is 0 Å². The van der Waals surface area contributed by atoms with Crippen LogP contribution in [0.3, 0.4) is 0 Å². The second-order valence-electron chi connectivity index (χ2n) is 5.98. The molecule has 1 aliphatic heterocycles. The molecule has 2 aliphatic rings. The zero-order valence-corrected chi connectivity index (χ0v) is 12.6. The van der Waals surface area contributed by atoms with Crippen LogP contribution in [0, 0.1) is 0 Å². The zero-order chi connectivity index (χ0) is 14.6. The number of rotatable bonds is 5. The average Bonchev–Trinajstić information content (AvgIpc) is 2.46. The van der Waals surface area contributed by atoms with Gasteiger partial charge in [-0.2, -0.15) is 0 Å². The molecule has 1 unspecified atom stereocenters. The van der Waals surface area contributed by atoms with Crippen molar-refractivity contribution in [1.29, 1.82) is 0 Å². The Morgan fingerprint density at radius 1 is 1.25 bits per heavy atom. The van der Waals surface area contributed by atoms with Crippen LogP contribution in [-0.4, -0.2) is 48.6 Å². The van der Waals surface area contributed by atoms with Gasteiger partial charge in [0.15, 0.2) is 0 Å². The van der Waals surface area contributed by atoms with Crippen LogP contribution in [0.4, 0.5) is 0 Å². The molecule has 1 N–H and O–H groups in total. The quantitative estimate of drug-likeness (QED) is 0.777. The molecule has 0 aromatic heterocycles. The molecule has 2 rings (SSSR count). The van der Waals surface area contributed by atoms with Crippen molar-refractivity contribution in [3.8, 4) is 0 Å². The third kappa shape index (κ3) is 2.82. The highest BCUT2D eigenvalue weighted by Gasteiger charge is 2.51. The maximum atomic E-state index is 12.5. The summed E-state index contributed by atoms with van der Waals surface area (Å²) in [6.45, 7) is 3.15. The van der Waals surface area contributed by atoms with Crippen molar-refractivity contribution in [3.05, 3.63) is 0 Å². The number of carbonyl (C=O) groups excluding carboxylic acids is 2. The van der Waals surface area contributed by atoms with Crippen LogP contribution < -0.4 is 5.32 Å². The Kier molecular flexibility index (Phi) is 5.02. The smallest absolute Gasteiger partial charge is 0.246 e. The van der Waals surface area contributed by atoms with E-state index in [4.69, 9.17) is 4.74 Å². The maximum Gasteiger partial charge on any atom is 0.246 e. The lowest BCUT2D eigenvalue weighted by molar-refractivity contribution is -0.159. The van der Waals surface area contributed by atoms with Gasteiger partial charge in [0.25, 0.3) is 0 Å². The molecule has 114 valence electrons. The molecule has 5 heteroatoms. The first-order chi connectivity index (χ1) is 9.62. The van der Waals surface area contributed by atoms with E-state index in [1.54, 1.807) is 14.0 Å². The summed E-state index contributed by atoms with van der Waals surface area (Å²) in [5.74, 6) is 0.125. The molecule has 1 spiro atoms. The van der Waals surface area contributed by atoms with Gasteiger partial charge in [-0.05, 0) is 32.6 Å². The van der Waals surface area contributed by atoms with E-state index in [9.17, 15) is 9.59 Å². The van der Waals surface area contributed by atoms with Gasteiger partial charge in [-0.25, -0.2) is 0 Å². The minimum atomic E-state index is -0.574. The first kappa shape index (κ1) is 15.3. The Hall–Kier alpha value is -1.10. The van der Waals surface area contributed by atoms with Gasteiger partial charge in [-0.1, -0.05) is 19.3 Å². The van der Waals surface area contributed by atoms with E-state index in [0.29, 0.717) is 13.2 Å². The molecule has 1 atom stereocenters. The van der Waals surface area contributed by atoms with E-state index < -0.39 is 11.6 Å². The monoisotopic (exact) mass is 282 g/mol. The fourth-order valence-electron chi connectivity index (χ4n) is 3.43. The molecule has 2 amide bonds. The van der Waals surface area contributed by atoms with Crippen LogP contribution in [0.2, 0.25) is 0 Å². The lowest BCUT2D eigenvalue weighted by Crippen LogP contribution is -2.70. The van der Waals surface area contributed by atoms with Crippen LogP contribution in [0.5, 0.6) is 0 Å². The lowest BCUT2D eigenvalue weighted by Gasteiger charge is -2.49. The maximum absolute atomic E-state index is 12.5. The molecule has 2 fully saturated rings. The third-order valence-corrected chi connectivity index (χ3v) is 4.58. The molecule has 20 heavy (non-hydrogen) atoms. The Bertz CT molecular complexity index is 364. The number of ether oxygens (including phenoxy) is 1. The van der Waals surface area contributed by atoms with Gasteiger partial charge in [0, 0.05) is 20.3 Å². The van der Waals surface area contributed by atoms with Crippen molar-refractivity contribution in [2.75, 3.05) is 20.3 Å². The van der Waals surface area contributed by atoms with E-state index in [1.165, 1.54) is 0 Å². The van der Waals surface area contributed by atoms with Crippen LogP contribution >= 0.6 is 0 Å². The van der Waals surface area contributed by atoms with Crippen LogP contribution in [0.15, 0.2) is 0 Å². The van der Waals surface area contributed by atoms with Gasteiger partial charge < -0.3 is 15.0 Å². The summed E-state index contributed by atoms with van der Waals surface area (Å²) < 4.78 is 5.05. The minimum absolute atomic E-state index is 0.0519. The van der Waals surface area contributed by atoms with Crippen molar-refractivity contribution in [3.63, 3.8) is 0 Å². The van der Waals surface area contributed by atoms with Crippen molar-refractivity contribution in [2.45, 2.75) is 63.5 Å². The van der Waals surface area contributed by atoms with Crippen molar-refractivity contribution >= 4 is 11.8 Å². The molecular weight excluding hydrogens is 256 g/mol. The summed E-state index contributed by atoms with van der Waals surface area (Å²) in [7, 11) is 1.68. The highest BCUT2D eigenvalue weighted by molar-refractivity contribution is 5.99. The number of carbonyl (C=O) groups is 2. The predicted octanol–water partition coefficient (Wildman–Crippen LogP) is 1.46. The van der Waals surface area contributed by atoms with Gasteiger partial charge in [0.05, 0.1) is 0 Å². The molecular formula is C15H26N2O3. The topological polar surface area (TPSA) is 58.6 Å². The Balaban J connectivity index is 2.11. The van der Waals surface area contributed by atoms with Crippen molar-refractivity contribution in [1.82, 2.24) is 10.2 Å². The van der Waals surface area contributed by atoms with E-state index in [0.717, 1.165) is 44.9 Å². The number of amides is 2. The molecule has 5 nitrogen and oxygen atoms in total. The summed E-state index contributed by atoms with van der Waals surface area (Å²) in [6.07, 6.45) is 6.65. The second-order valence-corrected chi connectivity index (χ2v) is 5.98. The fourth-order valence-corrected chi connectivity index (χ4v) is 3.43. The molecule has 0 aromatic carbocycles. The van der Waals surface area contributed by atoms with Crippen LogP contribution in [-0.2, 0) is 14.3 Å². The Morgan fingerprint density at radius 3 is 2.60 bits per heavy atom. The largest absolute Gasteiger partial charge is 0.385 e. The fraction of sp³-hybridized carbons (Fsp3) is 0.867. The lowest BCUT2D eigenvalue weighted by atomic mass is 9.77. The van der Waals surface area contributed by atoms with Gasteiger partial charge in [0.1, 0.15) is 11.6 Å². The zero-order valence-electron chi connectivity index (χ0n) is 12.6. The number of hydrogen-bond donors (Lipinski definition) is 1. The minimum Gasteiger partial charge on any atom is -0.385 e. The number of methoxy groups -OCH3 is 1. The molecule has 1 heterocycles. The summed E-state index contributed by atoms with van der Waals surface area (Å²) in [5.41, 5.74) is -0.574. The molecule has 0 aromatic rings. The summed E-state index contributed by atoms with van der Waals surface area (Å²) in [4.78, 5) is 26.9. The first-order valence-electron chi connectivity index (χ1n) is 7.73. The Labute approximate surface area is 121 Å². The first-order valence-corrected chi connectivity index (χ1v) is 7.73. The van der Waals surface area contributed by atoms with Crippen molar-refractivity contribution < 1.29 is 14.3 Å². The molecule has 1 saturated carbocycles. The van der Waals surface area contributed by atoms with E-state index in [-0.39, 0.29) is 11.8 Å². The highest BCUT2D eigenvalue weighted by atomic mass is 16.5. The second kappa shape index (κ2) is 6.57. The number of hydrogen-bond acceptors (Lipinski definition) is 3. The highest BCUT2D eigenvalue weighted by Crippen LogP contribution is 2.36. The third-order valence-electron chi connectivity index (χ3n) is 4.58. The number of piperazine rings is 1. The predicted molar refractivity (Wildman–Crippen MR) is 76.2 cm³/mol. The summed E-state index contributed by atoms with van der Waals surface area (Å²) in [6, 6.07) is -0.391. The van der Waals surface area contributed by atoms with Gasteiger partial charge in [-0.15, -0.1) is 0 Å². The standard InChI is InChI=1S/C15H26N2O3/c1-12-13(18)17(10-6-7-11-20-2)15(14(19)16-12)8-4-3-5-9-15/h12H,3-11H2,1-2H3,(H,16,19). The summed E-state index contributed by atoms with van der Waals surface area (Å²) in [5, 5.41) is 2.87. The van der Waals surface area contributed by atoms with E-state index in [2.05, 4.69) is 5.32 Å². The average molecular weight is 282 g/mol. The van der Waals surface area contributed by atoms with Crippen molar-refractivity contribution in [2.24, 2.45) is 0 Å². The Morgan fingerprint density at radius 2 is 1.95 bits per heavy atom. The van der Waals surface area contributed by atoms with E-state index >= 15 is 0 Å². The van der Waals surface area contributed by atoms with E-state index in [1.807, 2.05) is 4.90 Å². The number of nitrogens with one attached hydrogen (secondary N) is 1. The normalized spacial score (nSPS) is 25.9. The van der Waals surface area contributed by atoms with Gasteiger partial charge in [-0.3, -0.25) is 9.59 Å². The van der Waals surface area contributed by atoms with Crippen LogP contribution in [0.25, 0.3) is 0 Å². The molecule has 1 saturated heterocycles. The number of nitrogens with zero attached hydrogens (tertiary/aromatic N) is 1. The van der Waals surface area contributed by atoms with Crippen LogP contribution in [0.1, 0.15) is 51.9 Å². The van der Waals surface area contributed by atoms with Gasteiger partial charge in [0.2, 0.25) is 11.8 Å².